The summed E-state index contributed by atoms with van der Waals surface area (Å²) < 4.78 is 31.1. The van der Waals surface area contributed by atoms with Crippen LogP contribution in [-0.4, -0.2) is 109 Å². The second-order valence-corrected chi connectivity index (χ2v) is 16.1. The number of para-hydroxylation sites is 2. The predicted octanol–water partition coefficient (Wildman–Crippen LogP) is 7.00. The molecule has 0 unspecified atom stereocenters. The second kappa shape index (κ2) is 20.1. The molecule has 1 aliphatic carbocycles. The minimum Gasteiger partial charge on any atom is -0.488 e. The lowest BCUT2D eigenvalue weighted by molar-refractivity contribution is -0.139. The molecule has 0 saturated carbocycles. The van der Waals surface area contributed by atoms with Crippen LogP contribution in [0.15, 0.2) is 101 Å². The van der Waals surface area contributed by atoms with E-state index < -0.39 is 17.8 Å². The van der Waals surface area contributed by atoms with Crippen molar-refractivity contribution in [3.63, 3.8) is 0 Å². The Bertz CT molecular complexity index is 2830. The minimum atomic E-state index is -1.18. The third-order valence-corrected chi connectivity index (χ3v) is 12.1. The van der Waals surface area contributed by atoms with Crippen LogP contribution >= 0.6 is 0 Å². The van der Waals surface area contributed by atoms with Crippen LogP contribution < -0.4 is 39.4 Å². The van der Waals surface area contributed by atoms with Gasteiger partial charge in [0.2, 0.25) is 5.36 Å². The normalized spacial score (nSPS) is 13.1. The number of carboxylic acids is 1. The largest absolute Gasteiger partial charge is 0.488 e. The Labute approximate surface area is 382 Å². The number of carboxylic acid groups (broad SMARTS) is 1. The maximum absolute atomic E-state index is 14.0. The van der Waals surface area contributed by atoms with Crippen LogP contribution in [0.5, 0.6) is 11.5 Å². The van der Waals surface area contributed by atoms with Gasteiger partial charge in [0.25, 0.3) is 5.91 Å². The van der Waals surface area contributed by atoms with E-state index in [1.165, 1.54) is 20.3 Å². The van der Waals surface area contributed by atoms with Gasteiger partial charge in [-0.15, -0.1) is 0 Å². The molecule has 15 nitrogen and oxygen atoms in total. The Morgan fingerprint density at radius 3 is 2.06 bits per heavy atom. The maximum Gasteiger partial charge on any atom is 0.336 e. The number of anilines is 4. The van der Waals surface area contributed by atoms with Gasteiger partial charge in [0.1, 0.15) is 62.2 Å². The van der Waals surface area contributed by atoms with Crippen molar-refractivity contribution >= 4 is 57.5 Å². The Balaban J connectivity index is 1.08. The second-order valence-electron chi connectivity index (χ2n) is 16.1. The summed E-state index contributed by atoms with van der Waals surface area (Å²) in [7, 11) is 2.67. The molecule has 4 aliphatic rings. The molecule has 2 saturated heterocycles. The number of ether oxygens (including phenoxy) is 4. The summed E-state index contributed by atoms with van der Waals surface area (Å²) in [6.07, 6.45) is 2.25. The highest BCUT2D eigenvalue weighted by molar-refractivity contribution is 6.11. The van der Waals surface area contributed by atoms with Gasteiger partial charge in [-0.2, -0.15) is 0 Å². The first-order chi connectivity index (χ1) is 32.1. The van der Waals surface area contributed by atoms with Crippen LogP contribution in [0.25, 0.3) is 33.4 Å². The number of nitrogens with one attached hydrogen (secondary N) is 1. The van der Waals surface area contributed by atoms with Crippen LogP contribution in [0.3, 0.4) is 0 Å². The van der Waals surface area contributed by atoms with Crippen molar-refractivity contribution in [1.29, 1.82) is 0 Å². The fourth-order valence-electron chi connectivity index (χ4n) is 8.27. The molecule has 66 heavy (non-hydrogen) atoms. The molecule has 0 aromatic heterocycles. The average Bonchev–Trinajstić information content (AvgIpc) is 3.29. The number of hydrogen-bond donors (Lipinski definition) is 2. The third-order valence-electron chi connectivity index (χ3n) is 12.1. The molecule has 15 heteroatoms. The van der Waals surface area contributed by atoms with Gasteiger partial charge in [-0.3, -0.25) is 14.4 Å². The Kier molecular flexibility index (Phi) is 13.7. The molecule has 3 heterocycles. The molecule has 0 bridgehead atoms. The van der Waals surface area contributed by atoms with E-state index in [0.29, 0.717) is 58.4 Å². The molecule has 2 fully saturated rings. The van der Waals surface area contributed by atoms with Crippen LogP contribution in [0.4, 0.5) is 22.7 Å². The number of benzene rings is 5. The molecule has 8 rings (SSSR count). The monoisotopic (exact) mass is 896 g/mol. The smallest absolute Gasteiger partial charge is 0.336 e. The molecule has 2 N–H and O–H groups in total. The number of nitrogens with zero attached hydrogens (tertiary/aromatic N) is 4. The van der Waals surface area contributed by atoms with E-state index in [4.69, 9.17) is 23.4 Å². The van der Waals surface area contributed by atoms with E-state index in [2.05, 4.69) is 14.8 Å². The fourth-order valence-corrected chi connectivity index (χ4v) is 8.27. The Morgan fingerprint density at radius 1 is 0.742 bits per heavy atom. The van der Waals surface area contributed by atoms with Crippen molar-refractivity contribution in [2.45, 2.75) is 26.7 Å². The topological polar surface area (TPSA) is 163 Å². The van der Waals surface area contributed by atoms with E-state index in [-0.39, 0.29) is 43.4 Å². The molecule has 1 amide bonds. The minimum absolute atomic E-state index is 0.0372. The molecule has 4 aromatic rings. The highest BCUT2D eigenvalue weighted by Crippen LogP contribution is 2.43. The molecule has 0 radical (unpaired) electrons. The quantitative estimate of drug-likeness (QED) is 0.0393. The summed E-state index contributed by atoms with van der Waals surface area (Å²) in [6, 6.07) is 29.3. The number of hydrogen-bond acceptors (Lipinski definition) is 12. The van der Waals surface area contributed by atoms with Crippen LogP contribution in [0.2, 0.25) is 0 Å². The summed E-state index contributed by atoms with van der Waals surface area (Å²) >= 11 is 0. The van der Waals surface area contributed by atoms with Crippen molar-refractivity contribution in [2.24, 2.45) is 0 Å². The first-order valence-corrected chi connectivity index (χ1v) is 22.2. The van der Waals surface area contributed by atoms with Gasteiger partial charge in [-0.1, -0.05) is 18.2 Å². The molecule has 4 aromatic carbocycles. The van der Waals surface area contributed by atoms with Crippen LogP contribution in [0.1, 0.15) is 47.4 Å². The lowest BCUT2D eigenvalue weighted by Gasteiger charge is -2.33. The highest BCUT2D eigenvalue weighted by Gasteiger charge is 2.26. The molecular formula is C51H54N5O10+. The lowest BCUT2D eigenvalue weighted by Crippen LogP contribution is -2.40. The predicted molar refractivity (Wildman–Crippen MR) is 253 cm³/mol. The number of carbonyl (C=O) groups is 4. The first kappa shape index (κ1) is 45.0. The van der Waals surface area contributed by atoms with Crippen molar-refractivity contribution in [3.05, 3.63) is 114 Å². The molecule has 3 aliphatic heterocycles. The van der Waals surface area contributed by atoms with E-state index in [1.807, 2.05) is 79.4 Å². The van der Waals surface area contributed by atoms with E-state index >= 15 is 0 Å². The van der Waals surface area contributed by atoms with Crippen molar-refractivity contribution in [1.82, 2.24) is 4.58 Å². The number of rotatable bonds is 18. The molecule has 0 spiro atoms. The summed E-state index contributed by atoms with van der Waals surface area (Å²) in [6.45, 7) is 8.88. The highest BCUT2D eigenvalue weighted by atomic mass is 16.5. The van der Waals surface area contributed by atoms with E-state index in [1.54, 1.807) is 35.2 Å². The SMILES string of the molecule is CCN(CC(=O)OC)c1ccccc1OCCOc1cc(NC(=O)c2ccc(-c3c4ccc(=[N+]5CCC5)cc-4oc4cc(N5CCC5)ccc34)c(C(=O)O)c2)ccc1N(CC)CC(=O)OC. The summed E-state index contributed by atoms with van der Waals surface area (Å²) in [5.41, 5.74) is 5.40. The molecule has 342 valence electrons. The summed E-state index contributed by atoms with van der Waals surface area (Å²) in [5.74, 6) is -0.975. The number of aromatic carboxylic acids is 1. The van der Waals surface area contributed by atoms with Gasteiger partial charge in [-0.05, 0) is 80.4 Å². The maximum atomic E-state index is 14.0. The van der Waals surface area contributed by atoms with Gasteiger partial charge in [0, 0.05) is 77.8 Å². The van der Waals surface area contributed by atoms with Crippen LogP contribution in [0, 0.1) is 0 Å². The zero-order valence-corrected chi connectivity index (χ0v) is 37.6. The number of carbonyl (C=O) groups excluding carboxylic acids is 3. The number of likely N-dealkylation sites (N-methyl/N-ethyl adjacent to an activating group) is 2. The van der Waals surface area contributed by atoms with Gasteiger partial charge in [0.15, 0.2) is 0 Å². The number of esters is 2. The zero-order chi connectivity index (χ0) is 46.3. The lowest BCUT2D eigenvalue weighted by atomic mass is 9.89. The van der Waals surface area contributed by atoms with Gasteiger partial charge < -0.3 is 48.5 Å². The number of amides is 1. The zero-order valence-electron chi connectivity index (χ0n) is 37.6. The number of fused-ring (bicyclic) bond motifs is 2. The van der Waals surface area contributed by atoms with Gasteiger partial charge in [-0.25, -0.2) is 9.37 Å². The summed E-state index contributed by atoms with van der Waals surface area (Å²) in [4.78, 5) is 57.6. The standard InChI is InChI=1S/C51H53N5O10/c1-5-53(31-47(57)62-3)41-11-7-8-12-43(41)64-25-26-65-46-28-34(14-20-42(46)54(6-2)32-48(58)63-4)52-50(59)33-13-17-37(40(27-33)51(60)61)49-38-18-15-35(55-21-9-22-55)29-44(38)66-45-30-36(16-19-39(45)49)56-23-10-24-56/h7-8,11-20,27-30H,5-6,9-10,21-26,31-32H2,1-4H3,(H-,52,59,60,61)/p+1. The van der Waals surface area contributed by atoms with Gasteiger partial charge in [0.05, 0.1) is 43.6 Å². The summed E-state index contributed by atoms with van der Waals surface area (Å²) in [5, 5.41) is 15.5. The molecule has 0 atom stereocenters. The van der Waals surface area contributed by atoms with Crippen molar-refractivity contribution in [2.75, 3.05) is 99.8 Å². The third kappa shape index (κ3) is 9.60. The van der Waals surface area contributed by atoms with Crippen molar-refractivity contribution < 1.29 is 47.6 Å². The molecular weight excluding hydrogens is 843 g/mol. The fraction of sp³-hybridized carbons (Fsp3) is 0.314. The number of methoxy groups -OCH3 is 2. The van der Waals surface area contributed by atoms with Gasteiger partial charge >= 0.3 is 17.9 Å². The Hall–Kier alpha value is -7.55. The average molecular weight is 897 g/mol. The Morgan fingerprint density at radius 2 is 1.42 bits per heavy atom. The van der Waals surface area contributed by atoms with Crippen LogP contribution in [-0.2, 0) is 19.1 Å². The van der Waals surface area contributed by atoms with Crippen molar-refractivity contribution in [3.8, 4) is 33.9 Å². The van der Waals surface area contributed by atoms with E-state index in [0.717, 1.165) is 66.7 Å². The first-order valence-electron chi connectivity index (χ1n) is 22.2. The van der Waals surface area contributed by atoms with E-state index in [9.17, 15) is 24.3 Å².